The fourth-order valence-corrected chi connectivity index (χ4v) is 1.66. The highest BCUT2D eigenvalue weighted by molar-refractivity contribution is 5.17. The Morgan fingerprint density at radius 3 is 2.56 bits per heavy atom. The molecule has 2 rings (SSSR count). The van der Waals surface area contributed by atoms with E-state index in [1.165, 1.54) is 11.4 Å². The lowest BCUT2D eigenvalue weighted by Crippen LogP contribution is -3.00. The second-order valence-electron chi connectivity index (χ2n) is 3.55. The van der Waals surface area contributed by atoms with Gasteiger partial charge in [-0.1, -0.05) is 36.9 Å². The van der Waals surface area contributed by atoms with E-state index in [1.807, 2.05) is 23.0 Å². The van der Waals surface area contributed by atoms with E-state index >= 15 is 0 Å². The Hall–Kier alpha value is -1.35. The summed E-state index contributed by atoms with van der Waals surface area (Å²) in [5.41, 5.74) is 1.31. The molecule has 0 atom stereocenters. The molecule has 0 saturated carbocycles. The van der Waals surface area contributed by atoms with Crippen LogP contribution in [0.2, 0.25) is 0 Å². The zero-order valence-corrected chi connectivity index (χ0v) is 10.9. The van der Waals surface area contributed by atoms with Gasteiger partial charge in [0, 0.05) is 6.92 Å². The Morgan fingerprint density at radius 2 is 2.00 bits per heavy atom. The van der Waals surface area contributed by atoms with Gasteiger partial charge in [0.25, 0.3) is 5.82 Å². The van der Waals surface area contributed by atoms with Crippen molar-refractivity contribution in [3.05, 3.63) is 60.7 Å². The summed E-state index contributed by atoms with van der Waals surface area (Å²) in [4.78, 5) is 0. The monoisotopic (exact) mass is 278 g/mol. The van der Waals surface area contributed by atoms with Crippen molar-refractivity contribution in [1.29, 1.82) is 0 Å². The maximum atomic E-state index is 3.76. The molecule has 0 aliphatic carbocycles. The number of hydrogen-bond donors (Lipinski definition) is 0. The molecule has 16 heavy (non-hydrogen) atoms. The van der Waals surface area contributed by atoms with E-state index in [-0.39, 0.29) is 17.0 Å². The SMILES string of the molecule is C=Cn1cc[n+](Cc2ccccc2)c1C.[Br-]. The van der Waals surface area contributed by atoms with Gasteiger partial charge in [-0.05, 0) is 5.56 Å². The van der Waals surface area contributed by atoms with Crippen molar-refractivity contribution in [3.63, 3.8) is 0 Å². The highest BCUT2D eigenvalue weighted by atomic mass is 79.9. The first-order valence-electron chi connectivity index (χ1n) is 5.04. The smallest absolute Gasteiger partial charge is 0.258 e. The number of halogens is 1. The molecular formula is C13H15BrN2. The van der Waals surface area contributed by atoms with Crippen LogP contribution in [0.4, 0.5) is 0 Å². The van der Waals surface area contributed by atoms with Crippen molar-refractivity contribution in [2.45, 2.75) is 13.5 Å². The van der Waals surface area contributed by atoms with Crippen LogP contribution in [0.25, 0.3) is 6.20 Å². The summed E-state index contributed by atoms with van der Waals surface area (Å²) in [7, 11) is 0. The molecule has 0 spiro atoms. The van der Waals surface area contributed by atoms with Crippen LogP contribution in [0.15, 0.2) is 49.3 Å². The summed E-state index contributed by atoms with van der Waals surface area (Å²) < 4.78 is 4.22. The third-order valence-corrected chi connectivity index (χ3v) is 2.59. The minimum atomic E-state index is 0. The molecule has 3 heteroatoms. The van der Waals surface area contributed by atoms with E-state index in [0.717, 1.165) is 6.54 Å². The molecule has 2 nitrogen and oxygen atoms in total. The lowest BCUT2D eigenvalue weighted by molar-refractivity contribution is -0.693. The molecule has 1 aromatic heterocycles. The number of benzene rings is 1. The molecular weight excluding hydrogens is 264 g/mol. The van der Waals surface area contributed by atoms with Crippen LogP contribution in [0.5, 0.6) is 0 Å². The average Bonchev–Trinajstić information content (AvgIpc) is 2.62. The Labute approximate surface area is 107 Å². The lowest BCUT2D eigenvalue weighted by Gasteiger charge is -1.99. The molecule has 1 aromatic carbocycles. The van der Waals surface area contributed by atoms with E-state index in [1.54, 1.807) is 0 Å². The first-order chi connectivity index (χ1) is 7.31. The van der Waals surface area contributed by atoms with Gasteiger partial charge in [-0.15, -0.1) is 0 Å². The molecule has 0 unspecified atom stereocenters. The highest BCUT2D eigenvalue weighted by Gasteiger charge is 2.09. The van der Waals surface area contributed by atoms with E-state index in [4.69, 9.17) is 0 Å². The van der Waals surface area contributed by atoms with Gasteiger partial charge in [-0.3, -0.25) is 0 Å². The highest BCUT2D eigenvalue weighted by Crippen LogP contribution is 2.00. The van der Waals surface area contributed by atoms with Crippen molar-refractivity contribution in [2.75, 3.05) is 0 Å². The fourth-order valence-electron chi connectivity index (χ4n) is 1.66. The minimum Gasteiger partial charge on any atom is -1.00 e. The molecule has 0 bridgehead atoms. The van der Waals surface area contributed by atoms with Gasteiger partial charge >= 0.3 is 0 Å². The number of rotatable bonds is 3. The van der Waals surface area contributed by atoms with Crippen LogP contribution in [0.1, 0.15) is 11.4 Å². The quantitative estimate of drug-likeness (QED) is 0.653. The molecule has 0 amide bonds. The predicted molar refractivity (Wildman–Crippen MR) is 61.3 cm³/mol. The third kappa shape index (κ3) is 2.61. The number of imidazole rings is 1. The number of nitrogens with zero attached hydrogens (tertiary/aromatic N) is 2. The van der Waals surface area contributed by atoms with Crippen LogP contribution < -0.4 is 21.5 Å². The summed E-state index contributed by atoms with van der Waals surface area (Å²) in [5, 5.41) is 0. The average molecular weight is 279 g/mol. The standard InChI is InChI=1S/C13H15N2.BrH/c1-3-14-9-10-15(12(14)2)11-13-7-5-4-6-8-13;/h3-10H,1,11H2,2H3;1H/q+1;/p-1. The van der Waals surface area contributed by atoms with Crippen molar-refractivity contribution in [2.24, 2.45) is 0 Å². The van der Waals surface area contributed by atoms with Crippen LogP contribution in [0.3, 0.4) is 0 Å². The number of hydrogen-bond acceptors (Lipinski definition) is 0. The Morgan fingerprint density at radius 1 is 1.31 bits per heavy atom. The van der Waals surface area contributed by atoms with E-state index in [0.29, 0.717) is 0 Å². The van der Waals surface area contributed by atoms with Gasteiger partial charge in [0.05, 0.1) is 6.20 Å². The topological polar surface area (TPSA) is 8.81 Å². The first-order valence-corrected chi connectivity index (χ1v) is 5.04. The molecule has 0 fully saturated rings. The summed E-state index contributed by atoms with van der Waals surface area (Å²) in [6, 6.07) is 10.4. The summed E-state index contributed by atoms with van der Waals surface area (Å²) in [6.45, 7) is 6.76. The molecule has 0 saturated heterocycles. The van der Waals surface area contributed by atoms with Gasteiger partial charge in [-0.25, -0.2) is 9.13 Å². The van der Waals surface area contributed by atoms with Crippen molar-refractivity contribution in [3.8, 4) is 0 Å². The Kier molecular flexibility index (Phi) is 4.50. The van der Waals surface area contributed by atoms with Gasteiger partial charge in [0.1, 0.15) is 18.9 Å². The summed E-state index contributed by atoms with van der Waals surface area (Å²) in [6.07, 6.45) is 5.91. The molecule has 0 radical (unpaired) electrons. The zero-order valence-electron chi connectivity index (χ0n) is 9.31. The van der Waals surface area contributed by atoms with Gasteiger partial charge in [0.15, 0.2) is 0 Å². The maximum Gasteiger partial charge on any atom is 0.258 e. The molecule has 2 aromatic rings. The van der Waals surface area contributed by atoms with Gasteiger partial charge in [-0.2, -0.15) is 0 Å². The molecule has 84 valence electrons. The number of aromatic nitrogens is 2. The Bertz CT molecular complexity index is 460. The van der Waals surface area contributed by atoms with Crippen molar-refractivity contribution < 1.29 is 21.5 Å². The first kappa shape index (κ1) is 12.7. The van der Waals surface area contributed by atoms with Gasteiger partial charge in [0.2, 0.25) is 0 Å². The molecule has 1 heterocycles. The second kappa shape index (κ2) is 5.66. The molecule has 0 N–H and O–H groups in total. The summed E-state index contributed by atoms with van der Waals surface area (Å²) >= 11 is 0. The Balaban J connectivity index is 0.00000128. The van der Waals surface area contributed by atoms with Crippen LogP contribution in [0, 0.1) is 6.92 Å². The summed E-state index contributed by atoms with van der Waals surface area (Å²) in [5.74, 6) is 1.19. The van der Waals surface area contributed by atoms with Crippen molar-refractivity contribution >= 4 is 6.20 Å². The fraction of sp³-hybridized carbons (Fsp3) is 0.154. The largest absolute Gasteiger partial charge is 1.00 e. The van der Waals surface area contributed by atoms with Crippen LogP contribution in [-0.4, -0.2) is 4.57 Å². The van der Waals surface area contributed by atoms with Crippen LogP contribution in [-0.2, 0) is 6.54 Å². The second-order valence-corrected chi connectivity index (χ2v) is 3.55. The van der Waals surface area contributed by atoms with E-state index < -0.39 is 0 Å². The lowest BCUT2D eigenvalue weighted by atomic mass is 10.2. The molecule has 0 aliphatic heterocycles. The minimum absolute atomic E-state index is 0. The van der Waals surface area contributed by atoms with E-state index in [9.17, 15) is 0 Å². The van der Waals surface area contributed by atoms with E-state index in [2.05, 4.69) is 48.5 Å². The van der Waals surface area contributed by atoms with Crippen molar-refractivity contribution in [1.82, 2.24) is 4.57 Å². The maximum absolute atomic E-state index is 3.76. The zero-order chi connectivity index (χ0) is 10.7. The third-order valence-electron chi connectivity index (χ3n) is 2.59. The van der Waals surface area contributed by atoms with Crippen LogP contribution >= 0.6 is 0 Å². The normalized spacial score (nSPS) is 9.56. The van der Waals surface area contributed by atoms with Gasteiger partial charge < -0.3 is 17.0 Å². The molecule has 0 aliphatic rings. The predicted octanol–water partition coefficient (Wildman–Crippen LogP) is -0.763.